The van der Waals surface area contributed by atoms with E-state index in [1.807, 2.05) is 42.5 Å². The van der Waals surface area contributed by atoms with Crippen LogP contribution in [0.5, 0.6) is 11.5 Å². The molecule has 2 N–H and O–H groups in total. The van der Waals surface area contributed by atoms with Gasteiger partial charge >= 0.3 is 0 Å². The molecule has 1 amide bonds. The number of ether oxygens (including phenoxy) is 2. The first-order valence-electron chi connectivity index (χ1n) is 8.23. The van der Waals surface area contributed by atoms with E-state index in [1.165, 1.54) is 0 Å². The van der Waals surface area contributed by atoms with Crippen molar-refractivity contribution in [1.29, 1.82) is 0 Å². The van der Waals surface area contributed by atoms with Gasteiger partial charge in [-0.1, -0.05) is 12.1 Å². The van der Waals surface area contributed by atoms with Crippen molar-refractivity contribution in [2.45, 2.75) is 19.6 Å². The molecule has 132 valence electrons. The quantitative estimate of drug-likeness (QED) is 0.844. The van der Waals surface area contributed by atoms with Crippen LogP contribution in [0, 0.1) is 0 Å². The Morgan fingerprint density at radius 1 is 1.24 bits per heavy atom. The van der Waals surface area contributed by atoms with Crippen molar-refractivity contribution in [1.82, 2.24) is 0 Å². The van der Waals surface area contributed by atoms with Crippen LogP contribution in [0.1, 0.15) is 12.5 Å². The van der Waals surface area contributed by atoms with Crippen LogP contribution < -0.4 is 19.7 Å². The Balaban J connectivity index is 1.65. The molecule has 6 heteroatoms. The minimum Gasteiger partial charge on any atom is -0.491 e. The number of carbonyl (C=O) groups excluding carboxylic acids is 1. The molecule has 0 bridgehead atoms. The van der Waals surface area contributed by atoms with Gasteiger partial charge in [-0.3, -0.25) is 4.79 Å². The molecule has 0 saturated heterocycles. The van der Waals surface area contributed by atoms with Crippen LogP contribution in [0.4, 0.5) is 11.4 Å². The second-order valence-electron chi connectivity index (χ2n) is 5.91. The number of amides is 1. The Hall–Kier alpha value is -2.73. The summed E-state index contributed by atoms with van der Waals surface area (Å²) in [5.74, 6) is 1.40. The number of aliphatic hydroxyl groups is 1. The highest BCUT2D eigenvalue weighted by Crippen LogP contribution is 2.35. The number of aliphatic hydroxyl groups excluding tert-OH is 1. The number of anilines is 2. The number of hydrogen-bond donors (Lipinski definition) is 2. The smallest absolute Gasteiger partial charge is 0.267 e. The molecule has 0 radical (unpaired) electrons. The molecule has 0 saturated carbocycles. The average molecular weight is 342 g/mol. The average Bonchev–Trinajstić information content (AvgIpc) is 2.64. The molecular formula is C19H22N2O4. The predicted molar refractivity (Wildman–Crippen MR) is 96.3 cm³/mol. The second-order valence-corrected chi connectivity index (χ2v) is 5.91. The standard InChI is InChI=1S/C19H22N2O4/c1-13-19(23)21(2)17-11-15(5-8-18(17)25-13)20-12-14-3-6-16(7-4-14)24-10-9-22/h3-8,11,13,20,22H,9-10,12H2,1-2H3. The van der Waals surface area contributed by atoms with Gasteiger partial charge in [0, 0.05) is 19.3 Å². The predicted octanol–water partition coefficient (Wildman–Crippen LogP) is 2.41. The van der Waals surface area contributed by atoms with Gasteiger partial charge in [-0.15, -0.1) is 0 Å². The number of nitrogens with zero attached hydrogens (tertiary/aromatic N) is 1. The Morgan fingerprint density at radius 2 is 2.00 bits per heavy atom. The lowest BCUT2D eigenvalue weighted by Crippen LogP contribution is -2.41. The van der Waals surface area contributed by atoms with Crippen LogP contribution in [0.15, 0.2) is 42.5 Å². The van der Waals surface area contributed by atoms with Crippen LogP contribution in [0.25, 0.3) is 0 Å². The van der Waals surface area contributed by atoms with Crippen molar-refractivity contribution >= 4 is 17.3 Å². The van der Waals surface area contributed by atoms with Crippen LogP contribution in [0.2, 0.25) is 0 Å². The van der Waals surface area contributed by atoms with Crippen molar-refractivity contribution in [2.24, 2.45) is 0 Å². The van der Waals surface area contributed by atoms with Gasteiger partial charge in [-0.2, -0.15) is 0 Å². The SMILES string of the molecule is CC1Oc2ccc(NCc3ccc(OCCO)cc3)cc2N(C)C1=O. The van der Waals surface area contributed by atoms with E-state index in [2.05, 4.69) is 5.32 Å². The fourth-order valence-corrected chi connectivity index (χ4v) is 2.69. The summed E-state index contributed by atoms with van der Waals surface area (Å²) >= 11 is 0. The number of nitrogens with one attached hydrogen (secondary N) is 1. The number of benzene rings is 2. The zero-order valence-electron chi connectivity index (χ0n) is 14.4. The molecule has 2 aromatic carbocycles. The second kappa shape index (κ2) is 7.44. The fraction of sp³-hybridized carbons (Fsp3) is 0.316. The van der Waals surface area contributed by atoms with E-state index in [9.17, 15) is 4.79 Å². The van der Waals surface area contributed by atoms with E-state index < -0.39 is 6.10 Å². The highest BCUT2D eigenvalue weighted by molar-refractivity contribution is 5.99. The maximum Gasteiger partial charge on any atom is 0.267 e. The van der Waals surface area contributed by atoms with Gasteiger partial charge in [-0.05, 0) is 42.8 Å². The molecule has 1 aliphatic rings. The van der Waals surface area contributed by atoms with Gasteiger partial charge in [0.05, 0.1) is 12.3 Å². The molecule has 3 rings (SSSR count). The first kappa shape index (κ1) is 17.1. The summed E-state index contributed by atoms with van der Waals surface area (Å²) in [6.45, 7) is 2.69. The van der Waals surface area contributed by atoms with Crippen molar-refractivity contribution in [3.05, 3.63) is 48.0 Å². The van der Waals surface area contributed by atoms with E-state index in [-0.39, 0.29) is 12.5 Å². The molecule has 25 heavy (non-hydrogen) atoms. The first-order valence-corrected chi connectivity index (χ1v) is 8.23. The number of fused-ring (bicyclic) bond motifs is 1. The normalized spacial score (nSPS) is 16.2. The summed E-state index contributed by atoms with van der Waals surface area (Å²) in [4.78, 5) is 13.7. The van der Waals surface area contributed by atoms with Gasteiger partial charge in [-0.25, -0.2) is 0 Å². The minimum absolute atomic E-state index is 0.00107. The highest BCUT2D eigenvalue weighted by Gasteiger charge is 2.28. The maximum atomic E-state index is 12.0. The summed E-state index contributed by atoms with van der Waals surface area (Å²) < 4.78 is 11.0. The van der Waals surface area contributed by atoms with E-state index in [4.69, 9.17) is 14.6 Å². The molecule has 1 atom stereocenters. The summed E-state index contributed by atoms with van der Waals surface area (Å²) in [7, 11) is 1.76. The topological polar surface area (TPSA) is 71.0 Å². The Kier molecular flexibility index (Phi) is 5.09. The summed E-state index contributed by atoms with van der Waals surface area (Å²) in [6, 6.07) is 13.4. The fourth-order valence-electron chi connectivity index (χ4n) is 2.69. The number of hydrogen-bond acceptors (Lipinski definition) is 5. The molecule has 0 aliphatic carbocycles. The molecule has 1 aliphatic heterocycles. The van der Waals surface area contributed by atoms with Crippen LogP contribution in [-0.2, 0) is 11.3 Å². The Labute approximate surface area is 147 Å². The third-order valence-corrected chi connectivity index (χ3v) is 4.08. The van der Waals surface area contributed by atoms with Crippen LogP contribution in [0.3, 0.4) is 0 Å². The zero-order chi connectivity index (χ0) is 17.8. The van der Waals surface area contributed by atoms with Crippen LogP contribution >= 0.6 is 0 Å². The largest absolute Gasteiger partial charge is 0.491 e. The number of likely N-dealkylation sites (N-methyl/N-ethyl adjacent to an activating group) is 1. The molecule has 2 aromatic rings. The lowest BCUT2D eigenvalue weighted by Gasteiger charge is -2.30. The molecule has 0 aromatic heterocycles. The van der Waals surface area contributed by atoms with Gasteiger partial charge in [0.1, 0.15) is 18.1 Å². The first-order chi connectivity index (χ1) is 12.1. The third-order valence-electron chi connectivity index (χ3n) is 4.08. The van der Waals surface area contributed by atoms with Gasteiger partial charge in [0.15, 0.2) is 6.10 Å². The number of rotatable bonds is 6. The maximum absolute atomic E-state index is 12.0. The Bertz CT molecular complexity index is 746. The van der Waals surface area contributed by atoms with Crippen molar-refractivity contribution in [3.63, 3.8) is 0 Å². The van der Waals surface area contributed by atoms with E-state index in [0.717, 1.165) is 22.7 Å². The number of carbonyl (C=O) groups is 1. The lowest BCUT2D eigenvalue weighted by atomic mass is 10.1. The van der Waals surface area contributed by atoms with Crippen LogP contribution in [-0.4, -0.2) is 37.4 Å². The zero-order valence-corrected chi connectivity index (χ0v) is 14.4. The third kappa shape index (κ3) is 3.85. The van der Waals surface area contributed by atoms with E-state index in [1.54, 1.807) is 18.9 Å². The highest BCUT2D eigenvalue weighted by atomic mass is 16.5. The van der Waals surface area contributed by atoms with Gasteiger partial charge in [0.25, 0.3) is 5.91 Å². The van der Waals surface area contributed by atoms with E-state index in [0.29, 0.717) is 18.9 Å². The molecule has 1 heterocycles. The Morgan fingerprint density at radius 3 is 2.72 bits per heavy atom. The molecular weight excluding hydrogens is 320 g/mol. The summed E-state index contributed by atoms with van der Waals surface area (Å²) in [5, 5.41) is 12.1. The minimum atomic E-state index is -0.456. The van der Waals surface area contributed by atoms with Crippen molar-refractivity contribution in [2.75, 3.05) is 30.5 Å². The van der Waals surface area contributed by atoms with E-state index >= 15 is 0 Å². The summed E-state index contributed by atoms with van der Waals surface area (Å²) in [5.41, 5.74) is 2.78. The van der Waals surface area contributed by atoms with Gasteiger partial charge in [0.2, 0.25) is 0 Å². The van der Waals surface area contributed by atoms with Crippen molar-refractivity contribution < 1.29 is 19.4 Å². The summed E-state index contributed by atoms with van der Waals surface area (Å²) in [6.07, 6.45) is -0.456. The lowest BCUT2D eigenvalue weighted by molar-refractivity contribution is -0.125. The molecule has 0 spiro atoms. The molecule has 1 unspecified atom stereocenters. The van der Waals surface area contributed by atoms with Crippen molar-refractivity contribution in [3.8, 4) is 11.5 Å². The van der Waals surface area contributed by atoms with Gasteiger partial charge < -0.3 is 24.8 Å². The molecule has 6 nitrogen and oxygen atoms in total. The molecule has 0 fully saturated rings. The monoisotopic (exact) mass is 342 g/mol.